The molecule has 8 heteroatoms. The Morgan fingerprint density at radius 1 is 1.24 bits per heavy atom. The van der Waals surface area contributed by atoms with Crippen LogP contribution in [0.5, 0.6) is 0 Å². The van der Waals surface area contributed by atoms with Crippen molar-refractivity contribution in [1.29, 1.82) is 0 Å². The van der Waals surface area contributed by atoms with Crippen molar-refractivity contribution in [1.82, 2.24) is 5.43 Å². The van der Waals surface area contributed by atoms with E-state index in [4.69, 9.17) is 0 Å². The van der Waals surface area contributed by atoms with Crippen molar-refractivity contribution in [2.24, 2.45) is 5.10 Å². The van der Waals surface area contributed by atoms with E-state index in [9.17, 15) is 13.2 Å². The van der Waals surface area contributed by atoms with Crippen molar-refractivity contribution in [3.63, 3.8) is 0 Å². The first-order valence-electron chi connectivity index (χ1n) is 7.37. The minimum absolute atomic E-state index is 0.356. The fraction of sp³-hybridized carbons (Fsp3) is 0.176. The van der Waals surface area contributed by atoms with E-state index in [1.807, 2.05) is 31.2 Å². The van der Waals surface area contributed by atoms with Crippen molar-refractivity contribution in [2.45, 2.75) is 6.92 Å². The maximum absolute atomic E-state index is 12.1. The van der Waals surface area contributed by atoms with Crippen LogP contribution in [0.15, 0.2) is 58.1 Å². The first-order chi connectivity index (χ1) is 11.8. The second-order valence-corrected chi connectivity index (χ2v) is 8.28. The number of nitrogens with zero attached hydrogens (tertiary/aromatic N) is 2. The number of amides is 1. The average Bonchev–Trinajstić information content (AvgIpc) is 2.53. The topological polar surface area (TPSA) is 78.8 Å². The monoisotopic (exact) mass is 423 g/mol. The lowest BCUT2D eigenvalue weighted by molar-refractivity contribution is -0.119. The molecule has 25 heavy (non-hydrogen) atoms. The molecule has 1 N–H and O–H groups in total. The molecule has 2 aromatic carbocycles. The van der Waals surface area contributed by atoms with Crippen LogP contribution < -0.4 is 9.73 Å². The van der Waals surface area contributed by atoms with Gasteiger partial charge in [0, 0.05) is 4.47 Å². The highest BCUT2D eigenvalue weighted by atomic mass is 79.9. The van der Waals surface area contributed by atoms with Gasteiger partial charge >= 0.3 is 0 Å². The highest BCUT2D eigenvalue weighted by Gasteiger charge is 2.20. The molecule has 0 heterocycles. The second-order valence-electron chi connectivity index (χ2n) is 5.45. The Kier molecular flexibility index (Phi) is 6.33. The minimum atomic E-state index is -3.60. The van der Waals surface area contributed by atoms with Gasteiger partial charge in [-0.2, -0.15) is 5.10 Å². The van der Waals surface area contributed by atoms with E-state index >= 15 is 0 Å². The molecule has 0 saturated carbocycles. The van der Waals surface area contributed by atoms with Crippen LogP contribution in [0.25, 0.3) is 0 Å². The summed E-state index contributed by atoms with van der Waals surface area (Å²) in [6, 6.07) is 14.3. The lowest BCUT2D eigenvalue weighted by atomic mass is 10.2. The predicted octanol–water partition coefficient (Wildman–Crippen LogP) is 2.67. The van der Waals surface area contributed by atoms with Gasteiger partial charge in [0.25, 0.3) is 5.91 Å². The van der Waals surface area contributed by atoms with E-state index in [1.165, 1.54) is 6.21 Å². The van der Waals surface area contributed by atoms with Gasteiger partial charge in [-0.05, 0) is 36.8 Å². The molecule has 0 aromatic heterocycles. The molecule has 2 aromatic rings. The molecule has 0 unspecified atom stereocenters. The molecule has 6 nitrogen and oxygen atoms in total. The van der Waals surface area contributed by atoms with Gasteiger partial charge in [-0.15, -0.1) is 0 Å². The Morgan fingerprint density at radius 3 is 2.52 bits per heavy atom. The lowest BCUT2D eigenvalue weighted by Gasteiger charge is -2.21. The zero-order chi connectivity index (χ0) is 18.4. The number of sulfonamides is 1. The van der Waals surface area contributed by atoms with E-state index in [1.54, 1.807) is 24.3 Å². The highest BCUT2D eigenvalue weighted by molar-refractivity contribution is 9.10. The second kappa shape index (κ2) is 8.26. The number of carbonyl (C=O) groups excluding carboxylic acids is 1. The summed E-state index contributed by atoms with van der Waals surface area (Å²) >= 11 is 3.29. The van der Waals surface area contributed by atoms with Gasteiger partial charge in [-0.1, -0.05) is 45.8 Å². The number of nitrogens with one attached hydrogen (secondary N) is 1. The number of aryl methyl sites for hydroxylation is 1. The third kappa shape index (κ3) is 5.99. The van der Waals surface area contributed by atoms with Crippen molar-refractivity contribution >= 4 is 43.8 Å². The normalized spacial score (nSPS) is 11.5. The van der Waals surface area contributed by atoms with E-state index in [0.29, 0.717) is 5.69 Å². The van der Waals surface area contributed by atoms with Crippen molar-refractivity contribution < 1.29 is 13.2 Å². The number of anilines is 1. The molecule has 0 aliphatic rings. The Balaban J connectivity index is 2.06. The number of benzene rings is 2. The highest BCUT2D eigenvalue weighted by Crippen LogP contribution is 2.20. The van der Waals surface area contributed by atoms with E-state index in [2.05, 4.69) is 26.5 Å². The summed E-state index contributed by atoms with van der Waals surface area (Å²) in [4.78, 5) is 12.1. The third-order valence-corrected chi connectivity index (χ3v) is 4.92. The zero-order valence-corrected chi connectivity index (χ0v) is 16.2. The van der Waals surface area contributed by atoms with Gasteiger partial charge in [0.2, 0.25) is 10.0 Å². The average molecular weight is 424 g/mol. The van der Waals surface area contributed by atoms with Crippen LogP contribution in [0.4, 0.5) is 5.69 Å². The molecule has 0 saturated heterocycles. The molecule has 0 bridgehead atoms. The molecule has 0 aliphatic heterocycles. The van der Waals surface area contributed by atoms with Gasteiger partial charge in [0.1, 0.15) is 6.54 Å². The molecule has 0 aliphatic carbocycles. The molecular formula is C17H18BrN3O3S. The van der Waals surface area contributed by atoms with E-state index in [-0.39, 0.29) is 6.54 Å². The number of hydrogen-bond donors (Lipinski definition) is 1. The summed E-state index contributed by atoms with van der Waals surface area (Å²) in [5.74, 6) is -0.530. The van der Waals surface area contributed by atoms with Crippen LogP contribution in [-0.2, 0) is 14.8 Å². The lowest BCUT2D eigenvalue weighted by Crippen LogP contribution is -2.39. The Hall–Kier alpha value is -2.19. The Bertz CT molecular complexity index is 880. The zero-order valence-electron chi connectivity index (χ0n) is 13.8. The summed E-state index contributed by atoms with van der Waals surface area (Å²) in [7, 11) is -3.60. The van der Waals surface area contributed by atoms with Gasteiger partial charge in [0.05, 0.1) is 18.2 Å². The SMILES string of the molecule is Cc1cccc(/C=N\NC(=O)CN(c2ccc(Br)cc2)S(C)(=O)=O)c1. The van der Waals surface area contributed by atoms with Crippen molar-refractivity contribution in [2.75, 3.05) is 17.1 Å². The Morgan fingerprint density at radius 2 is 1.92 bits per heavy atom. The van der Waals surface area contributed by atoms with Gasteiger partial charge in [-0.3, -0.25) is 9.10 Å². The number of halogens is 1. The maximum Gasteiger partial charge on any atom is 0.260 e. The first kappa shape index (κ1) is 19.1. The predicted molar refractivity (Wildman–Crippen MR) is 103 cm³/mol. The van der Waals surface area contributed by atoms with Crippen LogP contribution in [-0.4, -0.2) is 33.3 Å². The molecule has 2 rings (SSSR count). The van der Waals surface area contributed by atoms with Gasteiger partial charge < -0.3 is 0 Å². The van der Waals surface area contributed by atoms with Crippen molar-refractivity contribution in [3.8, 4) is 0 Å². The largest absolute Gasteiger partial charge is 0.271 e. The summed E-state index contributed by atoms with van der Waals surface area (Å²) in [6.07, 6.45) is 2.56. The number of carbonyl (C=O) groups is 1. The summed E-state index contributed by atoms with van der Waals surface area (Å²) in [6.45, 7) is 1.60. The van der Waals surface area contributed by atoms with E-state index in [0.717, 1.165) is 26.2 Å². The minimum Gasteiger partial charge on any atom is -0.271 e. The molecular weight excluding hydrogens is 406 g/mol. The molecule has 1 amide bonds. The Labute approximate surface area is 155 Å². The molecule has 132 valence electrons. The van der Waals surface area contributed by atoms with E-state index < -0.39 is 15.9 Å². The smallest absolute Gasteiger partial charge is 0.260 e. The van der Waals surface area contributed by atoms with Crippen LogP contribution in [0, 0.1) is 6.92 Å². The van der Waals surface area contributed by atoms with Crippen molar-refractivity contribution in [3.05, 3.63) is 64.1 Å². The maximum atomic E-state index is 12.1. The fourth-order valence-electron chi connectivity index (χ4n) is 2.10. The van der Waals surface area contributed by atoms with Crippen LogP contribution in [0.3, 0.4) is 0 Å². The fourth-order valence-corrected chi connectivity index (χ4v) is 3.22. The van der Waals surface area contributed by atoms with Crippen LogP contribution >= 0.6 is 15.9 Å². The first-order valence-corrected chi connectivity index (χ1v) is 10.0. The quantitative estimate of drug-likeness (QED) is 0.572. The molecule has 0 atom stereocenters. The van der Waals surface area contributed by atoms with Crippen LogP contribution in [0.2, 0.25) is 0 Å². The standard InChI is InChI=1S/C17H18BrN3O3S/c1-13-4-3-5-14(10-13)11-19-20-17(22)12-21(25(2,23)24)16-8-6-15(18)7-9-16/h3-11H,12H2,1-2H3,(H,20,22)/b19-11-. The summed E-state index contributed by atoms with van der Waals surface area (Å²) in [5, 5.41) is 3.87. The number of hydrazone groups is 1. The number of rotatable bonds is 6. The number of hydrogen-bond acceptors (Lipinski definition) is 4. The summed E-state index contributed by atoms with van der Waals surface area (Å²) < 4.78 is 25.8. The third-order valence-electron chi connectivity index (χ3n) is 3.25. The molecule has 0 fully saturated rings. The van der Waals surface area contributed by atoms with Crippen LogP contribution in [0.1, 0.15) is 11.1 Å². The molecule has 0 radical (unpaired) electrons. The van der Waals surface area contributed by atoms with Gasteiger partial charge in [0.15, 0.2) is 0 Å². The summed E-state index contributed by atoms with van der Waals surface area (Å²) in [5.41, 5.74) is 4.67. The molecule has 0 spiro atoms. The van der Waals surface area contributed by atoms with Gasteiger partial charge in [-0.25, -0.2) is 13.8 Å².